The van der Waals surface area contributed by atoms with Crippen molar-refractivity contribution in [2.75, 3.05) is 13.2 Å². The summed E-state index contributed by atoms with van der Waals surface area (Å²) < 4.78 is 4.75. The van der Waals surface area contributed by atoms with Crippen molar-refractivity contribution in [1.82, 2.24) is 0 Å². The third-order valence-corrected chi connectivity index (χ3v) is 1.91. The third kappa shape index (κ3) is 3.49. The van der Waals surface area contributed by atoms with Crippen molar-refractivity contribution in [3.8, 4) is 0 Å². The van der Waals surface area contributed by atoms with Crippen LogP contribution in [0, 0.1) is 0 Å². The molecule has 0 aromatic heterocycles. The van der Waals surface area contributed by atoms with E-state index in [0.29, 0.717) is 0 Å². The first-order chi connectivity index (χ1) is 6.34. The SMILES string of the molecule is CC(O)C(O)(OCC(O)CO)C(C)O. The molecule has 86 valence electrons. The molecular weight excluding hydrogens is 192 g/mol. The first kappa shape index (κ1) is 13.8. The van der Waals surface area contributed by atoms with Gasteiger partial charge in [-0.2, -0.15) is 0 Å². The fourth-order valence-electron chi connectivity index (χ4n) is 0.873. The van der Waals surface area contributed by atoms with Gasteiger partial charge in [-0.15, -0.1) is 0 Å². The first-order valence-corrected chi connectivity index (χ1v) is 4.36. The normalized spacial score (nSPS) is 22.5. The molecule has 14 heavy (non-hydrogen) atoms. The molecule has 0 saturated carbocycles. The molecule has 6 heteroatoms. The van der Waals surface area contributed by atoms with E-state index in [0.717, 1.165) is 0 Å². The van der Waals surface area contributed by atoms with Crippen molar-refractivity contribution in [3.63, 3.8) is 0 Å². The Balaban J connectivity index is 4.24. The maximum atomic E-state index is 9.60. The number of aliphatic hydroxyl groups excluding tert-OH is 4. The second kappa shape index (κ2) is 5.59. The van der Waals surface area contributed by atoms with Crippen LogP contribution in [0.4, 0.5) is 0 Å². The van der Waals surface area contributed by atoms with Gasteiger partial charge in [0.1, 0.15) is 18.3 Å². The highest BCUT2D eigenvalue weighted by Gasteiger charge is 2.39. The van der Waals surface area contributed by atoms with E-state index in [1.807, 2.05) is 0 Å². The Bertz CT molecular complexity index is 150. The Morgan fingerprint density at radius 1 is 1.14 bits per heavy atom. The summed E-state index contributed by atoms with van der Waals surface area (Å²) in [5.41, 5.74) is 0. The minimum absolute atomic E-state index is 0.372. The molecule has 6 nitrogen and oxygen atoms in total. The van der Waals surface area contributed by atoms with Crippen molar-refractivity contribution in [2.45, 2.75) is 37.9 Å². The van der Waals surface area contributed by atoms with Gasteiger partial charge in [-0.05, 0) is 13.8 Å². The molecule has 0 aliphatic rings. The van der Waals surface area contributed by atoms with Gasteiger partial charge in [0.2, 0.25) is 5.79 Å². The summed E-state index contributed by atoms with van der Waals surface area (Å²) in [5.74, 6) is -2.13. The van der Waals surface area contributed by atoms with E-state index in [9.17, 15) is 5.11 Å². The largest absolute Gasteiger partial charge is 0.394 e. The summed E-state index contributed by atoms with van der Waals surface area (Å²) in [6, 6.07) is 0. The zero-order valence-corrected chi connectivity index (χ0v) is 8.29. The lowest BCUT2D eigenvalue weighted by atomic mass is 10.1. The number of rotatable bonds is 6. The van der Waals surface area contributed by atoms with Crippen LogP contribution in [0.5, 0.6) is 0 Å². The van der Waals surface area contributed by atoms with Gasteiger partial charge in [-0.3, -0.25) is 0 Å². The zero-order chi connectivity index (χ0) is 11.4. The number of ether oxygens (including phenoxy) is 1. The predicted octanol–water partition coefficient (Wildman–Crippen LogP) is -2.19. The quantitative estimate of drug-likeness (QED) is 0.318. The molecule has 5 N–H and O–H groups in total. The van der Waals surface area contributed by atoms with E-state index >= 15 is 0 Å². The lowest BCUT2D eigenvalue weighted by Crippen LogP contribution is -2.53. The van der Waals surface area contributed by atoms with Gasteiger partial charge in [0.15, 0.2) is 0 Å². The molecule has 0 aliphatic heterocycles. The Morgan fingerprint density at radius 2 is 1.57 bits per heavy atom. The van der Waals surface area contributed by atoms with E-state index in [2.05, 4.69) is 0 Å². The van der Waals surface area contributed by atoms with Gasteiger partial charge >= 0.3 is 0 Å². The van der Waals surface area contributed by atoms with Crippen LogP contribution in [0.15, 0.2) is 0 Å². The van der Waals surface area contributed by atoms with Crippen LogP contribution in [-0.4, -0.2) is 62.8 Å². The fourth-order valence-corrected chi connectivity index (χ4v) is 0.873. The molecule has 3 unspecified atom stereocenters. The number of hydrogen-bond donors (Lipinski definition) is 5. The highest BCUT2D eigenvalue weighted by molar-refractivity contribution is 4.79. The van der Waals surface area contributed by atoms with Gasteiger partial charge in [0, 0.05) is 0 Å². The van der Waals surface area contributed by atoms with Crippen molar-refractivity contribution < 1.29 is 30.3 Å². The zero-order valence-electron chi connectivity index (χ0n) is 8.29. The molecule has 0 amide bonds. The standard InChI is InChI=1S/C8H18O6/c1-5(10)8(13,6(2)11)14-4-7(12)3-9/h5-7,9-13H,3-4H2,1-2H3. The van der Waals surface area contributed by atoms with Crippen LogP contribution in [0.2, 0.25) is 0 Å². The second-order valence-electron chi connectivity index (χ2n) is 3.25. The summed E-state index contributed by atoms with van der Waals surface area (Å²) in [6.07, 6.45) is -3.78. The smallest absolute Gasteiger partial charge is 0.218 e. The fraction of sp³-hybridized carbons (Fsp3) is 1.00. The van der Waals surface area contributed by atoms with Crippen molar-refractivity contribution in [3.05, 3.63) is 0 Å². The van der Waals surface area contributed by atoms with Crippen LogP contribution >= 0.6 is 0 Å². The van der Waals surface area contributed by atoms with Crippen LogP contribution in [0.25, 0.3) is 0 Å². The van der Waals surface area contributed by atoms with Crippen LogP contribution in [-0.2, 0) is 4.74 Å². The molecule has 0 aromatic rings. The second-order valence-corrected chi connectivity index (χ2v) is 3.25. The van der Waals surface area contributed by atoms with Gasteiger partial charge in [0.25, 0.3) is 0 Å². The molecule has 0 aliphatic carbocycles. The molecular formula is C8H18O6. The monoisotopic (exact) mass is 210 g/mol. The van der Waals surface area contributed by atoms with Gasteiger partial charge in [-0.25, -0.2) is 0 Å². The summed E-state index contributed by atoms with van der Waals surface area (Å²) >= 11 is 0. The van der Waals surface area contributed by atoms with E-state index in [1.165, 1.54) is 13.8 Å². The number of aliphatic hydroxyl groups is 5. The van der Waals surface area contributed by atoms with Crippen LogP contribution < -0.4 is 0 Å². The minimum atomic E-state index is -2.13. The average Bonchev–Trinajstić information content (AvgIpc) is 2.12. The molecule has 0 saturated heterocycles. The van der Waals surface area contributed by atoms with Crippen molar-refractivity contribution in [1.29, 1.82) is 0 Å². The minimum Gasteiger partial charge on any atom is -0.394 e. The lowest BCUT2D eigenvalue weighted by molar-refractivity contribution is -0.299. The molecule has 0 aromatic carbocycles. The van der Waals surface area contributed by atoms with Crippen LogP contribution in [0.1, 0.15) is 13.8 Å². The van der Waals surface area contributed by atoms with Crippen molar-refractivity contribution in [2.24, 2.45) is 0 Å². The molecule has 0 spiro atoms. The lowest BCUT2D eigenvalue weighted by Gasteiger charge is -2.34. The van der Waals surface area contributed by atoms with Gasteiger partial charge < -0.3 is 30.3 Å². The van der Waals surface area contributed by atoms with Crippen molar-refractivity contribution >= 4 is 0 Å². The average molecular weight is 210 g/mol. The van der Waals surface area contributed by atoms with Gasteiger partial charge in [0.05, 0.1) is 13.2 Å². The van der Waals surface area contributed by atoms with E-state index in [1.54, 1.807) is 0 Å². The summed E-state index contributed by atoms with van der Waals surface area (Å²) in [7, 11) is 0. The summed E-state index contributed by atoms with van der Waals surface area (Å²) in [4.78, 5) is 0. The maximum Gasteiger partial charge on any atom is 0.218 e. The molecule has 0 heterocycles. The summed E-state index contributed by atoms with van der Waals surface area (Å²) in [6.45, 7) is 1.61. The Kier molecular flexibility index (Phi) is 5.50. The van der Waals surface area contributed by atoms with Crippen LogP contribution in [0.3, 0.4) is 0 Å². The number of hydrogen-bond acceptors (Lipinski definition) is 6. The van der Waals surface area contributed by atoms with E-state index in [4.69, 9.17) is 25.2 Å². The molecule has 0 rings (SSSR count). The first-order valence-electron chi connectivity index (χ1n) is 4.36. The molecule has 0 radical (unpaired) electrons. The van der Waals surface area contributed by atoms with E-state index < -0.39 is 30.7 Å². The molecule has 0 fully saturated rings. The Hall–Kier alpha value is -0.240. The highest BCUT2D eigenvalue weighted by atomic mass is 16.7. The predicted molar refractivity (Wildman–Crippen MR) is 47.4 cm³/mol. The molecule has 3 atom stereocenters. The van der Waals surface area contributed by atoms with Gasteiger partial charge in [-0.1, -0.05) is 0 Å². The molecule has 0 bridgehead atoms. The topological polar surface area (TPSA) is 110 Å². The Morgan fingerprint density at radius 3 is 1.86 bits per heavy atom. The summed E-state index contributed by atoms with van der Waals surface area (Å²) in [5, 5.41) is 45.3. The third-order valence-electron chi connectivity index (χ3n) is 1.91. The highest BCUT2D eigenvalue weighted by Crippen LogP contribution is 2.17. The van der Waals surface area contributed by atoms with E-state index in [-0.39, 0.29) is 6.61 Å². The maximum absolute atomic E-state index is 9.60. The Labute approximate surface area is 82.4 Å².